The van der Waals surface area contributed by atoms with Crippen LogP contribution in [0.3, 0.4) is 0 Å². The summed E-state index contributed by atoms with van der Waals surface area (Å²) in [6, 6.07) is 2.78. The van der Waals surface area contributed by atoms with Gasteiger partial charge in [-0.3, -0.25) is 4.79 Å². The van der Waals surface area contributed by atoms with Crippen LogP contribution in [0.2, 0.25) is 0 Å². The predicted molar refractivity (Wildman–Crippen MR) is 57.2 cm³/mol. The number of carbonyl (C=O) groups is 1. The number of esters is 1. The fraction of sp³-hybridized carbons (Fsp3) is 0.333. The van der Waals surface area contributed by atoms with Crippen LogP contribution in [0.15, 0.2) is 12.1 Å². The first-order chi connectivity index (χ1) is 6.63. The summed E-state index contributed by atoms with van der Waals surface area (Å²) in [5, 5.41) is 0. The molecule has 5 heteroatoms. The summed E-state index contributed by atoms with van der Waals surface area (Å²) in [5.74, 6) is -0.722. The Hall–Kier alpha value is -0.720. The van der Waals surface area contributed by atoms with Crippen molar-refractivity contribution in [3.8, 4) is 0 Å². The molecule has 0 aliphatic heterocycles. The number of carbonyl (C=O) groups excluding carboxylic acids is 1. The zero-order chi connectivity index (χ0) is 10.6. The molecule has 1 aromatic heterocycles. The molecule has 0 N–H and O–H groups in total. The largest absolute Gasteiger partial charge is 0.466 e. The molecule has 3 nitrogen and oxygen atoms in total. The van der Waals surface area contributed by atoms with Crippen LogP contribution in [0.5, 0.6) is 0 Å². The highest BCUT2D eigenvalue weighted by Crippen LogP contribution is 2.09. The SMILES string of the molecule is CCOC(=O)Cc1ccc(F)c(I)n1. The lowest BCUT2D eigenvalue weighted by molar-refractivity contribution is -0.142. The molecule has 14 heavy (non-hydrogen) atoms. The summed E-state index contributed by atoms with van der Waals surface area (Å²) in [7, 11) is 0. The molecule has 1 rings (SSSR count). The fourth-order valence-corrected chi connectivity index (χ4v) is 1.40. The van der Waals surface area contributed by atoms with Gasteiger partial charge in [0.2, 0.25) is 0 Å². The van der Waals surface area contributed by atoms with Crippen LogP contribution in [0.4, 0.5) is 4.39 Å². The van der Waals surface area contributed by atoms with Crippen LogP contribution in [-0.2, 0) is 16.0 Å². The van der Waals surface area contributed by atoms with Gasteiger partial charge in [-0.2, -0.15) is 0 Å². The molecule has 1 aromatic rings. The quantitative estimate of drug-likeness (QED) is 0.486. The summed E-state index contributed by atoms with van der Waals surface area (Å²) in [4.78, 5) is 15.0. The summed E-state index contributed by atoms with van der Waals surface area (Å²) >= 11 is 1.78. The molecule has 0 unspecified atom stereocenters. The molecule has 0 bridgehead atoms. The van der Waals surface area contributed by atoms with Crippen LogP contribution in [0.1, 0.15) is 12.6 Å². The summed E-state index contributed by atoms with van der Waals surface area (Å²) in [6.45, 7) is 2.08. The summed E-state index contributed by atoms with van der Waals surface area (Å²) in [5.41, 5.74) is 0.522. The Bertz CT molecular complexity index is 344. The molecule has 0 atom stereocenters. The Labute approximate surface area is 94.8 Å². The summed E-state index contributed by atoms with van der Waals surface area (Å²) < 4.78 is 17.8. The number of halogens is 2. The van der Waals surface area contributed by atoms with Crippen molar-refractivity contribution in [3.05, 3.63) is 27.3 Å². The van der Waals surface area contributed by atoms with Gasteiger partial charge < -0.3 is 4.74 Å². The van der Waals surface area contributed by atoms with Gasteiger partial charge >= 0.3 is 5.97 Å². The van der Waals surface area contributed by atoms with E-state index in [0.29, 0.717) is 12.3 Å². The molecular formula is C9H9FINO2. The molecule has 0 saturated carbocycles. The van der Waals surface area contributed by atoms with Crippen molar-refractivity contribution in [1.29, 1.82) is 0 Å². The van der Waals surface area contributed by atoms with Gasteiger partial charge in [0.05, 0.1) is 18.7 Å². The average Bonchev–Trinajstić information content (AvgIpc) is 2.12. The molecular weight excluding hydrogens is 300 g/mol. The Morgan fingerprint density at radius 2 is 2.36 bits per heavy atom. The first kappa shape index (κ1) is 11.4. The Kier molecular flexibility index (Phi) is 4.24. The lowest BCUT2D eigenvalue weighted by atomic mass is 10.3. The van der Waals surface area contributed by atoms with Crippen LogP contribution in [-0.4, -0.2) is 17.6 Å². The Balaban J connectivity index is 2.68. The van der Waals surface area contributed by atoms with Crippen molar-refractivity contribution in [3.63, 3.8) is 0 Å². The standard InChI is InChI=1S/C9H9FINO2/c1-2-14-8(13)5-6-3-4-7(10)9(11)12-6/h3-4H,2,5H2,1H3. The van der Waals surface area contributed by atoms with Gasteiger partial charge in [0.1, 0.15) is 3.70 Å². The first-order valence-electron chi connectivity index (χ1n) is 4.10. The van der Waals surface area contributed by atoms with E-state index in [1.54, 1.807) is 29.5 Å². The third-order valence-electron chi connectivity index (χ3n) is 1.49. The van der Waals surface area contributed by atoms with Gasteiger partial charge in [0.15, 0.2) is 5.82 Å². The van der Waals surface area contributed by atoms with E-state index < -0.39 is 0 Å². The molecule has 0 fully saturated rings. The average molecular weight is 309 g/mol. The molecule has 0 saturated heterocycles. The van der Waals surface area contributed by atoms with Crippen LogP contribution in [0, 0.1) is 9.52 Å². The van der Waals surface area contributed by atoms with Gasteiger partial charge in [0.25, 0.3) is 0 Å². The number of hydrogen-bond acceptors (Lipinski definition) is 3. The molecule has 0 aromatic carbocycles. The Morgan fingerprint density at radius 3 is 2.93 bits per heavy atom. The van der Waals surface area contributed by atoms with E-state index in [2.05, 4.69) is 4.98 Å². The van der Waals surface area contributed by atoms with E-state index >= 15 is 0 Å². The minimum atomic E-state index is -0.377. The second kappa shape index (κ2) is 5.23. The second-order valence-corrected chi connectivity index (χ2v) is 3.58. The molecule has 0 spiro atoms. The highest BCUT2D eigenvalue weighted by Gasteiger charge is 2.07. The monoisotopic (exact) mass is 309 g/mol. The van der Waals surface area contributed by atoms with E-state index in [0.717, 1.165) is 0 Å². The number of pyridine rings is 1. The van der Waals surface area contributed by atoms with Gasteiger partial charge in [-0.05, 0) is 41.6 Å². The van der Waals surface area contributed by atoms with Crippen molar-refractivity contribution in [1.82, 2.24) is 4.98 Å². The third kappa shape index (κ3) is 3.21. The minimum absolute atomic E-state index is 0.0874. The van der Waals surface area contributed by atoms with E-state index in [4.69, 9.17) is 4.74 Å². The van der Waals surface area contributed by atoms with Crippen LogP contribution >= 0.6 is 22.6 Å². The predicted octanol–water partition coefficient (Wildman–Crippen LogP) is 1.93. The maximum atomic E-state index is 12.8. The molecule has 1 heterocycles. The number of hydrogen-bond donors (Lipinski definition) is 0. The van der Waals surface area contributed by atoms with Crippen molar-refractivity contribution in [2.24, 2.45) is 0 Å². The first-order valence-corrected chi connectivity index (χ1v) is 5.18. The van der Waals surface area contributed by atoms with E-state index in [-0.39, 0.29) is 21.9 Å². The zero-order valence-electron chi connectivity index (χ0n) is 7.59. The van der Waals surface area contributed by atoms with Gasteiger partial charge in [-0.1, -0.05) is 0 Å². The number of aromatic nitrogens is 1. The normalized spacial score (nSPS) is 9.93. The number of ether oxygens (including phenoxy) is 1. The van der Waals surface area contributed by atoms with Crippen LogP contribution < -0.4 is 0 Å². The maximum Gasteiger partial charge on any atom is 0.311 e. The molecule has 0 aliphatic rings. The highest BCUT2D eigenvalue weighted by molar-refractivity contribution is 14.1. The smallest absolute Gasteiger partial charge is 0.311 e. The zero-order valence-corrected chi connectivity index (χ0v) is 9.75. The fourth-order valence-electron chi connectivity index (χ4n) is 0.913. The van der Waals surface area contributed by atoms with E-state index in [1.807, 2.05) is 0 Å². The van der Waals surface area contributed by atoms with E-state index in [9.17, 15) is 9.18 Å². The van der Waals surface area contributed by atoms with Gasteiger partial charge in [-0.15, -0.1) is 0 Å². The second-order valence-electron chi connectivity index (χ2n) is 2.56. The number of rotatable bonds is 3. The van der Waals surface area contributed by atoms with Crippen molar-refractivity contribution < 1.29 is 13.9 Å². The van der Waals surface area contributed by atoms with Gasteiger partial charge in [0, 0.05) is 0 Å². The highest BCUT2D eigenvalue weighted by atomic mass is 127. The molecule has 0 aliphatic carbocycles. The third-order valence-corrected chi connectivity index (χ3v) is 2.25. The van der Waals surface area contributed by atoms with E-state index in [1.165, 1.54) is 12.1 Å². The number of nitrogens with zero attached hydrogens (tertiary/aromatic N) is 1. The summed E-state index contributed by atoms with van der Waals surface area (Å²) in [6.07, 6.45) is 0.0874. The molecule has 0 radical (unpaired) electrons. The van der Waals surface area contributed by atoms with Gasteiger partial charge in [-0.25, -0.2) is 9.37 Å². The Morgan fingerprint density at radius 1 is 1.64 bits per heavy atom. The van der Waals surface area contributed by atoms with Crippen molar-refractivity contribution in [2.75, 3.05) is 6.61 Å². The van der Waals surface area contributed by atoms with Crippen molar-refractivity contribution >= 4 is 28.6 Å². The topological polar surface area (TPSA) is 39.2 Å². The lowest BCUT2D eigenvalue weighted by Crippen LogP contribution is -2.09. The minimum Gasteiger partial charge on any atom is -0.466 e. The molecule has 76 valence electrons. The maximum absolute atomic E-state index is 12.8. The van der Waals surface area contributed by atoms with Crippen LogP contribution in [0.25, 0.3) is 0 Å². The lowest BCUT2D eigenvalue weighted by Gasteiger charge is -2.01. The molecule has 0 amide bonds. The van der Waals surface area contributed by atoms with Crippen molar-refractivity contribution in [2.45, 2.75) is 13.3 Å².